The van der Waals surface area contributed by atoms with Crippen LogP contribution in [0, 0.1) is 0 Å². The first-order valence-electron chi connectivity index (χ1n) is 7.96. The van der Waals surface area contributed by atoms with Crippen LogP contribution < -0.4 is 4.74 Å². The van der Waals surface area contributed by atoms with Crippen molar-refractivity contribution in [2.45, 2.75) is 12.6 Å². The van der Waals surface area contributed by atoms with E-state index in [1.54, 1.807) is 13.2 Å². The minimum Gasteiger partial charge on any atom is -0.497 e. The molecule has 2 heterocycles. The summed E-state index contributed by atoms with van der Waals surface area (Å²) in [4.78, 5) is 0.533. The summed E-state index contributed by atoms with van der Waals surface area (Å²) in [5, 5.41) is 13.3. The van der Waals surface area contributed by atoms with E-state index in [1.165, 1.54) is 21.9 Å². The van der Waals surface area contributed by atoms with Crippen molar-refractivity contribution in [1.29, 1.82) is 0 Å². The highest BCUT2D eigenvalue weighted by Gasteiger charge is 2.31. The molecule has 0 aliphatic carbocycles. The van der Waals surface area contributed by atoms with E-state index < -0.39 is 11.7 Å². The summed E-state index contributed by atoms with van der Waals surface area (Å²) in [7, 11) is 1.60. The first-order valence-corrected chi connectivity index (χ1v) is 8.77. The van der Waals surface area contributed by atoms with Gasteiger partial charge in [0.1, 0.15) is 10.8 Å². The van der Waals surface area contributed by atoms with E-state index in [9.17, 15) is 13.2 Å². The molecule has 9 heteroatoms. The lowest BCUT2D eigenvalue weighted by molar-refractivity contribution is -0.137. The van der Waals surface area contributed by atoms with Gasteiger partial charge in [0.2, 0.25) is 4.96 Å². The van der Waals surface area contributed by atoms with Gasteiger partial charge in [-0.1, -0.05) is 35.6 Å². The molecule has 0 atom stereocenters. The zero-order chi connectivity index (χ0) is 19.0. The number of nitrogens with zero attached hydrogens (tertiary/aromatic N) is 4. The maximum atomic E-state index is 13.0. The summed E-state index contributed by atoms with van der Waals surface area (Å²) in [5.74, 6) is 1.05. The zero-order valence-corrected chi connectivity index (χ0v) is 14.9. The lowest BCUT2D eigenvalue weighted by atomic mass is 10.1. The number of halogens is 3. The summed E-state index contributed by atoms with van der Waals surface area (Å²) in [6.07, 6.45) is -3.83. The van der Waals surface area contributed by atoms with Crippen LogP contribution >= 0.6 is 11.3 Å². The number of rotatable bonds is 4. The van der Waals surface area contributed by atoms with Gasteiger partial charge in [-0.15, -0.1) is 10.2 Å². The molecule has 0 aliphatic heterocycles. The highest BCUT2D eigenvalue weighted by molar-refractivity contribution is 7.16. The Morgan fingerprint density at radius 3 is 2.56 bits per heavy atom. The molecule has 2 aromatic carbocycles. The van der Waals surface area contributed by atoms with Crippen LogP contribution in [0.25, 0.3) is 16.3 Å². The van der Waals surface area contributed by atoms with E-state index >= 15 is 0 Å². The molecule has 0 N–H and O–H groups in total. The highest BCUT2D eigenvalue weighted by atomic mass is 32.1. The van der Waals surface area contributed by atoms with Crippen LogP contribution in [-0.2, 0) is 12.6 Å². The van der Waals surface area contributed by atoms with E-state index in [-0.39, 0.29) is 5.82 Å². The predicted molar refractivity (Wildman–Crippen MR) is 94.9 cm³/mol. The normalized spacial score (nSPS) is 11.9. The molecule has 0 amide bonds. The molecule has 0 saturated heterocycles. The van der Waals surface area contributed by atoms with Crippen LogP contribution in [0.5, 0.6) is 5.75 Å². The van der Waals surface area contributed by atoms with E-state index in [1.807, 2.05) is 24.3 Å². The fraction of sp³-hybridized carbons (Fsp3) is 0.167. The largest absolute Gasteiger partial charge is 0.497 e. The van der Waals surface area contributed by atoms with Gasteiger partial charge in [0.25, 0.3) is 0 Å². The number of hydrogen-bond acceptors (Lipinski definition) is 5. The van der Waals surface area contributed by atoms with Gasteiger partial charge in [-0.25, -0.2) is 0 Å². The fourth-order valence-electron chi connectivity index (χ4n) is 2.66. The van der Waals surface area contributed by atoms with Gasteiger partial charge in [0.15, 0.2) is 5.82 Å². The first-order chi connectivity index (χ1) is 12.9. The molecule has 138 valence electrons. The summed E-state index contributed by atoms with van der Waals surface area (Å²) in [5.41, 5.74) is 0.630. The molecule has 0 saturated carbocycles. The number of aromatic nitrogens is 4. The van der Waals surface area contributed by atoms with Crippen molar-refractivity contribution in [3.8, 4) is 17.1 Å². The van der Waals surface area contributed by atoms with Crippen molar-refractivity contribution < 1.29 is 17.9 Å². The van der Waals surface area contributed by atoms with Crippen molar-refractivity contribution in [2.24, 2.45) is 0 Å². The minimum absolute atomic E-state index is 0.285. The maximum Gasteiger partial charge on any atom is 0.416 e. The Balaban J connectivity index is 1.66. The van der Waals surface area contributed by atoms with Crippen molar-refractivity contribution >= 4 is 16.3 Å². The molecule has 0 bridgehead atoms. The molecule has 5 nitrogen and oxygen atoms in total. The van der Waals surface area contributed by atoms with Gasteiger partial charge < -0.3 is 4.74 Å². The Bertz CT molecular complexity index is 1090. The third-order valence-corrected chi connectivity index (χ3v) is 4.89. The molecule has 0 spiro atoms. The van der Waals surface area contributed by atoms with Crippen molar-refractivity contribution in [3.05, 3.63) is 64.7 Å². The van der Waals surface area contributed by atoms with Crippen LogP contribution in [-0.4, -0.2) is 26.9 Å². The van der Waals surface area contributed by atoms with E-state index in [0.717, 1.165) is 28.5 Å². The number of ether oxygens (including phenoxy) is 1. The standard InChI is InChI=1S/C18H13F3N4OS/c1-26-14-7-5-11(6-8-14)9-15-24-25-16(22-23-17(25)27-15)12-3-2-4-13(10-12)18(19,20)21/h2-8,10H,9H2,1H3. The predicted octanol–water partition coefficient (Wildman–Crippen LogP) is 4.47. The second kappa shape index (κ2) is 6.66. The van der Waals surface area contributed by atoms with E-state index in [0.29, 0.717) is 16.9 Å². The summed E-state index contributed by atoms with van der Waals surface area (Å²) >= 11 is 1.35. The van der Waals surface area contributed by atoms with Gasteiger partial charge in [0.05, 0.1) is 12.7 Å². The van der Waals surface area contributed by atoms with Crippen LogP contribution in [0.15, 0.2) is 48.5 Å². The second-order valence-electron chi connectivity index (χ2n) is 5.82. The van der Waals surface area contributed by atoms with Crippen molar-refractivity contribution in [2.75, 3.05) is 7.11 Å². The lowest BCUT2D eigenvalue weighted by Gasteiger charge is -2.07. The molecule has 27 heavy (non-hydrogen) atoms. The minimum atomic E-state index is -4.42. The molecular weight excluding hydrogens is 377 g/mol. The summed E-state index contributed by atoms with van der Waals surface area (Å²) in [6, 6.07) is 12.6. The van der Waals surface area contributed by atoms with Gasteiger partial charge in [0, 0.05) is 12.0 Å². The zero-order valence-electron chi connectivity index (χ0n) is 14.1. The second-order valence-corrected chi connectivity index (χ2v) is 6.86. The monoisotopic (exact) mass is 390 g/mol. The van der Waals surface area contributed by atoms with Crippen molar-refractivity contribution in [3.63, 3.8) is 0 Å². The smallest absolute Gasteiger partial charge is 0.416 e. The van der Waals surface area contributed by atoms with Crippen LogP contribution in [0.3, 0.4) is 0 Å². The Hall–Kier alpha value is -2.94. The summed E-state index contributed by atoms with van der Waals surface area (Å²) < 4.78 is 45.5. The highest BCUT2D eigenvalue weighted by Crippen LogP contribution is 2.32. The number of hydrogen-bond donors (Lipinski definition) is 0. The third kappa shape index (κ3) is 3.50. The van der Waals surface area contributed by atoms with E-state index in [4.69, 9.17) is 4.74 Å². The molecule has 0 radical (unpaired) electrons. The molecule has 4 rings (SSSR count). The molecule has 0 unspecified atom stereocenters. The average molecular weight is 390 g/mol. The van der Waals surface area contributed by atoms with Gasteiger partial charge in [-0.05, 0) is 29.8 Å². The van der Waals surface area contributed by atoms with Crippen LogP contribution in [0.4, 0.5) is 13.2 Å². The Kier molecular flexibility index (Phi) is 4.31. The molecular formula is C18H13F3N4OS. The maximum absolute atomic E-state index is 13.0. The lowest BCUT2D eigenvalue weighted by Crippen LogP contribution is -2.05. The Morgan fingerprint density at radius 1 is 1.07 bits per heavy atom. The van der Waals surface area contributed by atoms with Gasteiger partial charge >= 0.3 is 6.18 Å². The quantitative estimate of drug-likeness (QED) is 0.516. The first kappa shape index (κ1) is 17.5. The molecule has 0 aliphatic rings. The Morgan fingerprint density at radius 2 is 1.85 bits per heavy atom. The van der Waals surface area contributed by atoms with Crippen molar-refractivity contribution in [1.82, 2.24) is 19.8 Å². The molecule has 0 fully saturated rings. The van der Waals surface area contributed by atoms with Gasteiger partial charge in [-0.2, -0.15) is 22.8 Å². The topological polar surface area (TPSA) is 52.3 Å². The number of methoxy groups -OCH3 is 1. The van der Waals surface area contributed by atoms with E-state index in [2.05, 4.69) is 15.3 Å². The number of benzene rings is 2. The fourth-order valence-corrected chi connectivity index (χ4v) is 3.53. The van der Waals surface area contributed by atoms with Crippen LogP contribution in [0.2, 0.25) is 0 Å². The molecule has 2 aromatic heterocycles. The molecule has 4 aromatic rings. The number of fused-ring (bicyclic) bond motifs is 1. The number of alkyl halides is 3. The Labute approximate surface area is 156 Å². The van der Waals surface area contributed by atoms with Crippen LogP contribution in [0.1, 0.15) is 16.1 Å². The third-order valence-electron chi connectivity index (χ3n) is 4.00. The SMILES string of the molecule is COc1ccc(Cc2nn3c(-c4cccc(C(F)(F)F)c4)nnc3s2)cc1. The summed E-state index contributed by atoms with van der Waals surface area (Å²) in [6.45, 7) is 0. The average Bonchev–Trinajstić information content (AvgIpc) is 3.22. The van der Waals surface area contributed by atoms with Gasteiger partial charge in [-0.3, -0.25) is 0 Å².